The molecule has 2 aliphatic rings. The monoisotopic (exact) mass is 358 g/mol. The molecule has 0 amide bonds. The Balaban J connectivity index is 1.69. The largest absolute Gasteiger partial charge is 0.300 e. The number of hydrogen-bond donors (Lipinski definition) is 0. The number of benzene rings is 1. The summed E-state index contributed by atoms with van der Waals surface area (Å²) in [5.41, 5.74) is 3.98. The van der Waals surface area contributed by atoms with Gasteiger partial charge in [0.25, 0.3) is 0 Å². The van der Waals surface area contributed by atoms with E-state index in [9.17, 15) is 4.39 Å². The molecule has 2 aliphatic carbocycles. The fraction of sp³-hybridized carbons (Fsp3) is 0.571. The van der Waals surface area contributed by atoms with E-state index in [0.29, 0.717) is 0 Å². The Kier molecular flexibility index (Phi) is 5.51. The summed E-state index contributed by atoms with van der Waals surface area (Å²) in [5.74, 6) is -0.174. The molecule has 4 rings (SSSR count). The molecule has 0 unspecified atom stereocenters. The summed E-state index contributed by atoms with van der Waals surface area (Å²) >= 11 is 0. The zero-order valence-electron chi connectivity index (χ0n) is 14.9. The van der Waals surface area contributed by atoms with Gasteiger partial charge in [0, 0.05) is 18.1 Å². The first kappa shape index (κ1) is 17.2. The van der Waals surface area contributed by atoms with Crippen LogP contribution in [0.25, 0.3) is 5.69 Å². The van der Waals surface area contributed by atoms with Crippen molar-refractivity contribution < 1.29 is 4.39 Å². The van der Waals surface area contributed by atoms with Crippen molar-refractivity contribution in [1.29, 1.82) is 0 Å². The van der Waals surface area contributed by atoms with E-state index in [1.54, 1.807) is 12.1 Å². The average molecular weight is 358 g/mol. The third-order valence-corrected chi connectivity index (χ3v) is 9.29. The summed E-state index contributed by atoms with van der Waals surface area (Å²) in [6, 6.07) is 6.89. The molecule has 1 aromatic heterocycles. The van der Waals surface area contributed by atoms with Crippen LogP contribution >= 0.6 is 7.92 Å². The first-order chi connectivity index (χ1) is 12.3. The lowest BCUT2D eigenvalue weighted by atomic mass is 9.99. The second kappa shape index (κ2) is 7.99. The number of halogens is 1. The Morgan fingerprint density at radius 2 is 1.40 bits per heavy atom. The molecule has 2 nitrogen and oxygen atoms in total. The van der Waals surface area contributed by atoms with Gasteiger partial charge < -0.3 is 4.57 Å². The molecule has 0 bridgehead atoms. The molecule has 2 aromatic rings. The summed E-state index contributed by atoms with van der Waals surface area (Å²) in [7, 11) is -0.249. The number of nitrogens with zero attached hydrogens (tertiary/aromatic N) is 2. The van der Waals surface area contributed by atoms with Crippen molar-refractivity contribution in [3.63, 3.8) is 0 Å². The lowest BCUT2D eigenvalue weighted by Gasteiger charge is -2.38. The molecule has 0 saturated heterocycles. The van der Waals surface area contributed by atoms with Crippen molar-refractivity contribution in [2.24, 2.45) is 0 Å². The van der Waals surface area contributed by atoms with E-state index >= 15 is 0 Å². The highest BCUT2D eigenvalue weighted by atomic mass is 31.1. The molecular formula is C21H28FN2P. The molecule has 2 saturated carbocycles. The van der Waals surface area contributed by atoms with E-state index in [-0.39, 0.29) is 13.7 Å². The summed E-state index contributed by atoms with van der Waals surface area (Å²) in [4.78, 5) is 4.86. The zero-order chi connectivity index (χ0) is 17.1. The van der Waals surface area contributed by atoms with Crippen molar-refractivity contribution >= 4 is 13.5 Å². The number of hydrogen-bond acceptors (Lipinski definition) is 1. The van der Waals surface area contributed by atoms with Gasteiger partial charge in [-0.2, -0.15) is 0 Å². The van der Waals surface area contributed by atoms with E-state index in [0.717, 1.165) is 17.0 Å². The van der Waals surface area contributed by atoms with E-state index in [2.05, 4.69) is 10.8 Å². The molecule has 0 N–H and O–H groups in total. The van der Waals surface area contributed by atoms with Gasteiger partial charge in [-0.1, -0.05) is 38.5 Å². The predicted molar refractivity (Wildman–Crippen MR) is 104 cm³/mol. The third-order valence-electron chi connectivity index (χ3n) is 5.89. The van der Waals surface area contributed by atoms with Crippen molar-refractivity contribution in [2.75, 3.05) is 0 Å². The SMILES string of the molecule is Fc1ccc(-n2ccnc2P(C2CCCCC2)C2CCCCC2)cc1. The molecule has 1 heterocycles. The topological polar surface area (TPSA) is 17.8 Å². The summed E-state index contributed by atoms with van der Waals surface area (Å²) in [5, 5.41) is 0. The summed E-state index contributed by atoms with van der Waals surface area (Å²) in [6.45, 7) is 0. The molecule has 0 aliphatic heterocycles. The first-order valence-corrected chi connectivity index (χ1v) is 11.4. The van der Waals surface area contributed by atoms with Crippen LogP contribution in [0.4, 0.5) is 4.39 Å². The van der Waals surface area contributed by atoms with E-state index in [4.69, 9.17) is 4.98 Å². The van der Waals surface area contributed by atoms with Crippen molar-refractivity contribution in [3.8, 4) is 5.69 Å². The third kappa shape index (κ3) is 3.82. The number of aromatic nitrogens is 2. The minimum atomic E-state index is -0.249. The van der Waals surface area contributed by atoms with Gasteiger partial charge in [-0.3, -0.25) is 0 Å². The van der Waals surface area contributed by atoms with Crippen LogP contribution in [0.2, 0.25) is 0 Å². The molecular weight excluding hydrogens is 330 g/mol. The standard InChI is InChI=1S/C21H28FN2P/c22-17-11-13-18(14-12-17)24-16-15-23-21(24)25(19-7-3-1-4-8-19)20-9-5-2-6-10-20/h11-16,19-20H,1-10H2. The van der Waals surface area contributed by atoms with Gasteiger partial charge in [-0.25, -0.2) is 9.37 Å². The molecule has 0 radical (unpaired) electrons. The molecule has 134 valence electrons. The Labute approximate surface area is 151 Å². The van der Waals surface area contributed by atoms with Crippen LogP contribution in [0.15, 0.2) is 36.7 Å². The van der Waals surface area contributed by atoms with Gasteiger partial charge in [-0.05, 0) is 69.2 Å². The second-order valence-corrected chi connectivity index (χ2v) is 10.2. The molecule has 0 spiro atoms. The van der Waals surface area contributed by atoms with Gasteiger partial charge in [0.2, 0.25) is 0 Å². The van der Waals surface area contributed by atoms with Crippen LogP contribution in [0.5, 0.6) is 0 Å². The highest BCUT2D eigenvalue weighted by Gasteiger charge is 2.35. The average Bonchev–Trinajstić information content (AvgIpc) is 3.14. The van der Waals surface area contributed by atoms with E-state index < -0.39 is 0 Å². The smallest absolute Gasteiger partial charge is 0.136 e. The fourth-order valence-electron chi connectivity index (χ4n) is 4.63. The maximum absolute atomic E-state index is 13.3. The van der Waals surface area contributed by atoms with Crippen molar-refractivity contribution in [1.82, 2.24) is 9.55 Å². The van der Waals surface area contributed by atoms with Gasteiger partial charge in [0.1, 0.15) is 11.4 Å². The fourth-order valence-corrected chi connectivity index (χ4v) is 8.36. The van der Waals surface area contributed by atoms with E-state index in [1.807, 2.05) is 18.3 Å². The van der Waals surface area contributed by atoms with Gasteiger partial charge >= 0.3 is 0 Å². The Morgan fingerprint density at radius 3 is 1.96 bits per heavy atom. The van der Waals surface area contributed by atoms with Gasteiger partial charge in [0.15, 0.2) is 0 Å². The Morgan fingerprint density at radius 1 is 0.840 bits per heavy atom. The van der Waals surface area contributed by atoms with Crippen LogP contribution in [0, 0.1) is 5.82 Å². The maximum atomic E-state index is 13.3. The quantitative estimate of drug-likeness (QED) is 0.633. The Hall–Kier alpha value is -1.21. The highest BCUT2D eigenvalue weighted by molar-refractivity contribution is 7.66. The van der Waals surface area contributed by atoms with Gasteiger partial charge in [-0.15, -0.1) is 0 Å². The van der Waals surface area contributed by atoms with Gasteiger partial charge in [0.05, 0.1) is 0 Å². The van der Waals surface area contributed by atoms with Crippen molar-refractivity contribution in [2.45, 2.75) is 75.5 Å². The van der Waals surface area contributed by atoms with Crippen LogP contribution in [-0.2, 0) is 0 Å². The van der Waals surface area contributed by atoms with Crippen LogP contribution < -0.4 is 5.57 Å². The predicted octanol–water partition coefficient (Wildman–Crippen LogP) is 5.78. The second-order valence-electron chi connectivity index (χ2n) is 7.56. The molecule has 0 atom stereocenters. The van der Waals surface area contributed by atoms with Crippen LogP contribution in [0.1, 0.15) is 64.2 Å². The normalized spacial score (nSPS) is 20.2. The molecule has 1 aromatic carbocycles. The summed E-state index contributed by atoms with van der Waals surface area (Å²) < 4.78 is 15.6. The molecule has 25 heavy (non-hydrogen) atoms. The maximum Gasteiger partial charge on any atom is 0.136 e. The first-order valence-electron chi connectivity index (χ1n) is 9.90. The highest BCUT2D eigenvalue weighted by Crippen LogP contribution is 2.54. The zero-order valence-corrected chi connectivity index (χ0v) is 15.8. The molecule has 2 fully saturated rings. The van der Waals surface area contributed by atoms with Crippen molar-refractivity contribution in [3.05, 3.63) is 42.5 Å². The summed E-state index contributed by atoms with van der Waals surface area (Å²) in [6.07, 6.45) is 17.8. The Bertz CT molecular complexity index is 651. The lowest BCUT2D eigenvalue weighted by molar-refractivity contribution is 0.486. The molecule has 4 heteroatoms. The minimum Gasteiger partial charge on any atom is -0.300 e. The van der Waals surface area contributed by atoms with E-state index in [1.165, 1.54) is 69.8 Å². The van der Waals surface area contributed by atoms with Crippen LogP contribution in [0.3, 0.4) is 0 Å². The number of imidazole rings is 1. The van der Waals surface area contributed by atoms with Crippen LogP contribution in [-0.4, -0.2) is 20.9 Å². The number of rotatable bonds is 4. The lowest BCUT2D eigenvalue weighted by Crippen LogP contribution is -2.30. The minimum absolute atomic E-state index is 0.174.